The van der Waals surface area contributed by atoms with E-state index in [9.17, 15) is 4.21 Å². The Balaban J connectivity index is 1.73. The summed E-state index contributed by atoms with van der Waals surface area (Å²) < 4.78 is 22.9. The molecule has 0 aliphatic heterocycles. The summed E-state index contributed by atoms with van der Waals surface area (Å²) in [5, 5.41) is 0.406. The van der Waals surface area contributed by atoms with Crippen molar-refractivity contribution in [3.8, 4) is 11.5 Å². The molecule has 0 bridgehead atoms. The Morgan fingerprint density at radius 3 is 2.89 bits per heavy atom. The third-order valence-electron chi connectivity index (χ3n) is 4.00. The summed E-state index contributed by atoms with van der Waals surface area (Å²) in [5.74, 6) is 1.59. The minimum absolute atomic E-state index is 0.234. The fourth-order valence-corrected chi connectivity index (χ4v) is 3.58. The average molecular weight is 390 g/mol. The summed E-state index contributed by atoms with van der Waals surface area (Å²) in [7, 11) is 1.86. The molecule has 2 aromatic heterocycles. The maximum absolute atomic E-state index is 12.8. The molecular formula is C18H22N4O4S. The molecule has 27 heavy (non-hydrogen) atoms. The number of nitrogens with zero attached hydrogens (tertiary/aromatic N) is 2. The topological polar surface area (TPSA) is 98.4 Å². The highest BCUT2D eigenvalue weighted by molar-refractivity contribution is 7.84. The molecule has 0 aliphatic carbocycles. The fourth-order valence-electron chi connectivity index (χ4n) is 2.48. The van der Waals surface area contributed by atoms with Gasteiger partial charge in [0.15, 0.2) is 10.9 Å². The predicted molar refractivity (Wildman–Crippen MR) is 102 cm³/mol. The van der Waals surface area contributed by atoms with E-state index in [0.29, 0.717) is 35.5 Å². The van der Waals surface area contributed by atoms with Crippen LogP contribution >= 0.6 is 0 Å². The van der Waals surface area contributed by atoms with Crippen molar-refractivity contribution in [2.75, 3.05) is 27.4 Å². The number of methoxy groups -OCH3 is 2. The molecule has 0 aliphatic rings. The molecule has 1 aromatic carbocycles. The van der Waals surface area contributed by atoms with Gasteiger partial charge in [-0.3, -0.25) is 9.19 Å². The molecule has 3 rings (SSSR count). The summed E-state index contributed by atoms with van der Waals surface area (Å²) >= 11 is 0. The number of H-pyrrole nitrogens is 1. The van der Waals surface area contributed by atoms with Gasteiger partial charge in [0.2, 0.25) is 0 Å². The normalized spacial score (nSPS) is 12.3. The van der Waals surface area contributed by atoms with Crippen LogP contribution in [0.15, 0.2) is 35.6 Å². The Bertz CT molecular complexity index is 944. The van der Waals surface area contributed by atoms with Crippen molar-refractivity contribution < 1.29 is 18.5 Å². The van der Waals surface area contributed by atoms with Gasteiger partial charge in [-0.25, -0.2) is 4.98 Å². The Morgan fingerprint density at radius 2 is 2.11 bits per heavy atom. The van der Waals surface area contributed by atoms with E-state index in [1.807, 2.05) is 25.1 Å². The summed E-state index contributed by atoms with van der Waals surface area (Å²) in [5.41, 5.74) is 5.86. The summed E-state index contributed by atoms with van der Waals surface area (Å²) in [6, 6.07) is 7.23. The molecule has 1 unspecified atom stereocenters. The zero-order valence-electron chi connectivity index (χ0n) is 15.4. The third-order valence-corrected chi connectivity index (χ3v) is 5.16. The molecule has 0 fully saturated rings. The van der Waals surface area contributed by atoms with E-state index in [2.05, 4.69) is 20.4 Å². The third kappa shape index (κ3) is 4.62. The second kappa shape index (κ2) is 8.94. The van der Waals surface area contributed by atoms with E-state index in [-0.39, 0.29) is 5.75 Å². The molecule has 0 spiro atoms. The number of hydrogen-bond donors (Lipinski definition) is 2. The molecule has 144 valence electrons. The number of ether oxygens (including phenoxy) is 2. The standard InChI is InChI=1S/C18H22N4O4S/c1-12-16(19-7-6-17(12)26-20-8-9-24-2)11-27(23)18-21-14-5-4-13(25-3)10-15(14)22-18/h4-7,10,20H,8-9,11H2,1-3H3,(H,21,22). The molecule has 0 saturated heterocycles. The lowest BCUT2D eigenvalue weighted by Gasteiger charge is -2.11. The maximum Gasteiger partial charge on any atom is 0.197 e. The highest BCUT2D eigenvalue weighted by atomic mass is 32.2. The fraction of sp³-hybridized carbons (Fsp3) is 0.333. The van der Waals surface area contributed by atoms with Crippen molar-refractivity contribution >= 4 is 21.8 Å². The van der Waals surface area contributed by atoms with Gasteiger partial charge in [-0.05, 0) is 19.1 Å². The second-order valence-corrected chi connectivity index (χ2v) is 7.15. The molecule has 1 atom stereocenters. The minimum atomic E-state index is -1.37. The van der Waals surface area contributed by atoms with Gasteiger partial charge >= 0.3 is 0 Å². The monoisotopic (exact) mass is 390 g/mol. The largest absolute Gasteiger partial charge is 0.497 e. The van der Waals surface area contributed by atoms with Crippen LogP contribution in [0.5, 0.6) is 11.5 Å². The van der Waals surface area contributed by atoms with Crippen molar-refractivity contribution in [1.82, 2.24) is 20.4 Å². The van der Waals surface area contributed by atoms with Crippen molar-refractivity contribution in [2.45, 2.75) is 17.8 Å². The second-order valence-electron chi connectivity index (χ2n) is 5.78. The lowest BCUT2D eigenvalue weighted by molar-refractivity contribution is 0.135. The van der Waals surface area contributed by atoms with Crippen molar-refractivity contribution in [3.63, 3.8) is 0 Å². The summed E-state index contributed by atoms with van der Waals surface area (Å²) in [4.78, 5) is 17.4. The maximum atomic E-state index is 12.8. The van der Waals surface area contributed by atoms with Crippen LogP contribution in [-0.2, 0) is 21.3 Å². The van der Waals surface area contributed by atoms with Crippen molar-refractivity contribution in [3.05, 3.63) is 41.7 Å². The summed E-state index contributed by atoms with van der Waals surface area (Å²) in [6.07, 6.45) is 1.64. The highest BCUT2D eigenvalue weighted by Gasteiger charge is 2.15. The number of nitrogens with one attached hydrogen (secondary N) is 2. The van der Waals surface area contributed by atoms with Gasteiger partial charge < -0.3 is 19.3 Å². The lowest BCUT2D eigenvalue weighted by atomic mass is 10.2. The summed E-state index contributed by atoms with van der Waals surface area (Å²) in [6.45, 7) is 2.98. The smallest absolute Gasteiger partial charge is 0.197 e. The van der Waals surface area contributed by atoms with Crippen LogP contribution in [0.4, 0.5) is 0 Å². The Kier molecular flexibility index (Phi) is 6.38. The van der Waals surface area contributed by atoms with Crippen LogP contribution in [0.2, 0.25) is 0 Å². The average Bonchev–Trinajstić information content (AvgIpc) is 3.11. The molecule has 0 saturated carbocycles. The molecule has 9 heteroatoms. The Hall–Kier alpha value is -2.49. The zero-order chi connectivity index (χ0) is 19.2. The van der Waals surface area contributed by atoms with Crippen molar-refractivity contribution in [2.24, 2.45) is 0 Å². The molecule has 3 aromatic rings. The molecule has 0 amide bonds. The molecule has 8 nitrogen and oxygen atoms in total. The van der Waals surface area contributed by atoms with E-state index in [4.69, 9.17) is 14.3 Å². The number of benzene rings is 1. The van der Waals surface area contributed by atoms with Crippen molar-refractivity contribution in [1.29, 1.82) is 0 Å². The van der Waals surface area contributed by atoms with Crippen LogP contribution in [0.1, 0.15) is 11.3 Å². The van der Waals surface area contributed by atoms with Gasteiger partial charge in [-0.1, -0.05) is 0 Å². The number of rotatable bonds is 9. The first kappa shape index (κ1) is 19.3. The Morgan fingerprint density at radius 1 is 1.26 bits per heavy atom. The van der Waals surface area contributed by atoms with Gasteiger partial charge in [0.25, 0.3) is 0 Å². The van der Waals surface area contributed by atoms with Crippen LogP contribution in [-0.4, -0.2) is 46.5 Å². The van der Waals surface area contributed by atoms with E-state index in [1.165, 1.54) is 0 Å². The first-order valence-corrected chi connectivity index (χ1v) is 9.69. The van der Waals surface area contributed by atoms with E-state index in [1.54, 1.807) is 26.5 Å². The van der Waals surface area contributed by atoms with Crippen LogP contribution in [0.25, 0.3) is 11.0 Å². The number of hydrogen-bond acceptors (Lipinski definition) is 7. The quantitative estimate of drug-likeness (QED) is 0.426. The van der Waals surface area contributed by atoms with Crippen LogP contribution < -0.4 is 15.1 Å². The number of aromatic amines is 1. The van der Waals surface area contributed by atoms with E-state index in [0.717, 1.165) is 16.6 Å². The number of pyridine rings is 1. The van der Waals surface area contributed by atoms with Gasteiger partial charge in [0.05, 0.1) is 53.5 Å². The zero-order valence-corrected chi connectivity index (χ0v) is 16.3. The van der Waals surface area contributed by atoms with Crippen LogP contribution in [0, 0.1) is 6.92 Å². The van der Waals surface area contributed by atoms with Gasteiger partial charge in [-0.2, -0.15) is 5.48 Å². The van der Waals surface area contributed by atoms with E-state index < -0.39 is 10.8 Å². The Labute approximate surface area is 159 Å². The van der Waals surface area contributed by atoms with Crippen LogP contribution in [0.3, 0.4) is 0 Å². The number of aromatic nitrogens is 3. The molecule has 2 heterocycles. The molecular weight excluding hydrogens is 368 g/mol. The van der Waals surface area contributed by atoms with Gasteiger partial charge in [-0.15, -0.1) is 0 Å². The minimum Gasteiger partial charge on any atom is -0.497 e. The first-order chi connectivity index (χ1) is 13.1. The lowest BCUT2D eigenvalue weighted by Crippen LogP contribution is -2.23. The van der Waals surface area contributed by atoms with Gasteiger partial charge in [0, 0.05) is 31.0 Å². The number of imidazole rings is 1. The highest BCUT2D eigenvalue weighted by Crippen LogP contribution is 2.23. The number of hydroxylamine groups is 1. The predicted octanol–water partition coefficient (Wildman–Crippen LogP) is 2.11. The molecule has 2 N–H and O–H groups in total. The van der Waals surface area contributed by atoms with Gasteiger partial charge in [0.1, 0.15) is 5.75 Å². The SMILES string of the molecule is COCCNOc1ccnc(CS(=O)c2nc3ccc(OC)cc3[nH]2)c1C. The van der Waals surface area contributed by atoms with E-state index >= 15 is 0 Å². The molecule has 0 radical (unpaired) electrons. The number of fused-ring (bicyclic) bond motifs is 1. The first-order valence-electron chi connectivity index (χ1n) is 8.37.